The first-order valence-corrected chi connectivity index (χ1v) is 8.98. The lowest BCUT2D eigenvalue weighted by molar-refractivity contribution is 0.283. The van der Waals surface area contributed by atoms with Gasteiger partial charge in [0.1, 0.15) is 11.6 Å². The second-order valence-corrected chi connectivity index (χ2v) is 7.06. The van der Waals surface area contributed by atoms with Crippen molar-refractivity contribution in [2.45, 2.75) is 0 Å². The van der Waals surface area contributed by atoms with Crippen molar-refractivity contribution in [3.63, 3.8) is 0 Å². The van der Waals surface area contributed by atoms with Gasteiger partial charge in [0.2, 0.25) is 0 Å². The van der Waals surface area contributed by atoms with Crippen LogP contribution in [0.2, 0.25) is 0 Å². The predicted octanol–water partition coefficient (Wildman–Crippen LogP) is 2.67. The number of phosphoric ester groups is 1. The highest BCUT2D eigenvalue weighted by Crippen LogP contribution is 2.41. The number of rotatable bonds is 3. The molecule has 9 heteroatoms. The molecule has 0 spiro atoms. The lowest BCUT2D eigenvalue weighted by atomic mass is 10.1. The molecular weight excluding hydrogens is 432 g/mol. The topological polar surface area (TPSA) is 113 Å². The molecule has 3 N–H and O–H groups in total. The van der Waals surface area contributed by atoms with Gasteiger partial charge < -0.3 is 9.51 Å². The predicted molar refractivity (Wildman–Crippen MR) is 93.2 cm³/mol. The summed E-state index contributed by atoms with van der Waals surface area (Å²) < 4.78 is 16.6. The smallest absolute Gasteiger partial charge is 0.403 e. The number of nitrogens with zero attached hydrogens (tertiary/aromatic N) is 1. The third-order valence-corrected chi connectivity index (χ3v) is 4.13. The minimum atomic E-state index is -4.72. The molecule has 0 fully saturated rings. The molecule has 0 radical (unpaired) electrons. The minimum Gasteiger partial charge on any atom is -0.403 e. The van der Waals surface area contributed by atoms with Crippen LogP contribution >= 0.6 is 30.4 Å². The molecule has 0 atom stereocenters. The van der Waals surface area contributed by atoms with Crippen LogP contribution in [0.4, 0.5) is 0 Å². The summed E-state index contributed by atoms with van der Waals surface area (Å²) in [6.07, 6.45) is 0. The molecule has 0 saturated carbocycles. The molecule has 3 aromatic rings. The van der Waals surface area contributed by atoms with Crippen LogP contribution in [0.1, 0.15) is 0 Å². The van der Waals surface area contributed by atoms with Gasteiger partial charge in [-0.2, -0.15) is 0 Å². The average molecular weight is 442 g/mol. The van der Waals surface area contributed by atoms with Gasteiger partial charge in [-0.05, 0) is 52.9 Å². The summed E-state index contributed by atoms with van der Waals surface area (Å²) in [5.74, 6) is 0.113. The fourth-order valence-electron chi connectivity index (χ4n) is 2.11. The third kappa shape index (κ3) is 3.61. The summed E-state index contributed by atoms with van der Waals surface area (Å²) in [7, 11) is -4.72. The van der Waals surface area contributed by atoms with Gasteiger partial charge in [0.15, 0.2) is 0 Å². The third-order valence-electron chi connectivity index (χ3n) is 3.03. The van der Waals surface area contributed by atoms with Crippen molar-refractivity contribution < 1.29 is 18.9 Å². The second-order valence-electron chi connectivity index (χ2n) is 4.65. The van der Waals surface area contributed by atoms with Gasteiger partial charge in [-0.25, -0.2) is 9.55 Å². The summed E-state index contributed by atoms with van der Waals surface area (Å²) in [5.41, 5.74) is 0.429. The van der Waals surface area contributed by atoms with E-state index in [4.69, 9.17) is 9.79 Å². The first-order valence-electron chi connectivity index (χ1n) is 6.37. The molecule has 0 unspecified atom stereocenters. The van der Waals surface area contributed by atoms with Gasteiger partial charge in [0.25, 0.3) is 5.56 Å². The Morgan fingerprint density at radius 1 is 1.17 bits per heavy atom. The molecule has 0 saturated heterocycles. The van der Waals surface area contributed by atoms with Crippen LogP contribution in [0.25, 0.3) is 22.3 Å². The summed E-state index contributed by atoms with van der Waals surface area (Å²) in [4.78, 5) is 37.2. The van der Waals surface area contributed by atoms with Gasteiger partial charge in [-0.3, -0.25) is 14.6 Å². The molecule has 1 aromatic heterocycles. The van der Waals surface area contributed by atoms with E-state index in [1.54, 1.807) is 30.3 Å². The molecule has 0 bridgehead atoms. The van der Waals surface area contributed by atoms with Gasteiger partial charge >= 0.3 is 7.82 Å². The lowest BCUT2D eigenvalue weighted by Gasteiger charge is -2.11. The summed E-state index contributed by atoms with van der Waals surface area (Å²) >= 11 is 2.10. The van der Waals surface area contributed by atoms with Gasteiger partial charge in [-0.1, -0.05) is 12.1 Å². The van der Waals surface area contributed by atoms with E-state index in [1.807, 2.05) is 6.07 Å². The lowest BCUT2D eigenvalue weighted by Crippen LogP contribution is -2.10. The van der Waals surface area contributed by atoms with Crippen LogP contribution in [0.5, 0.6) is 5.75 Å². The maximum atomic E-state index is 12.2. The summed E-state index contributed by atoms with van der Waals surface area (Å²) in [5, 5.41) is 0.439. The van der Waals surface area contributed by atoms with Gasteiger partial charge in [0.05, 0.1) is 16.5 Å². The largest absolute Gasteiger partial charge is 0.524 e. The van der Waals surface area contributed by atoms with E-state index in [9.17, 15) is 9.36 Å². The Labute approximate surface area is 143 Å². The molecule has 0 aliphatic rings. The van der Waals surface area contributed by atoms with E-state index in [2.05, 4.69) is 37.1 Å². The Balaban J connectivity index is 2.20. The van der Waals surface area contributed by atoms with Crippen LogP contribution in [0.3, 0.4) is 0 Å². The maximum Gasteiger partial charge on any atom is 0.524 e. The number of phosphoric acid groups is 1. The molecule has 1 heterocycles. The Morgan fingerprint density at radius 3 is 2.65 bits per heavy atom. The Kier molecular flexibility index (Phi) is 4.24. The van der Waals surface area contributed by atoms with Crippen molar-refractivity contribution in [3.05, 3.63) is 56.4 Å². The van der Waals surface area contributed by atoms with E-state index in [-0.39, 0.29) is 22.7 Å². The highest BCUT2D eigenvalue weighted by atomic mass is 125. The van der Waals surface area contributed by atoms with Crippen molar-refractivity contribution in [1.29, 1.82) is 0 Å². The number of nitrogens with one attached hydrogen (secondary N) is 1. The van der Waals surface area contributed by atoms with Crippen molar-refractivity contribution in [1.82, 2.24) is 9.97 Å². The Bertz CT molecular complexity index is 998. The van der Waals surface area contributed by atoms with Gasteiger partial charge in [-0.15, -0.1) is 0 Å². The number of hydrogen-bond acceptors (Lipinski definition) is 4. The van der Waals surface area contributed by atoms with Crippen molar-refractivity contribution in [3.8, 4) is 17.1 Å². The maximum absolute atomic E-state index is 12.2. The number of hydrogen-bond donors (Lipinski definition) is 3. The number of benzene rings is 2. The van der Waals surface area contributed by atoms with Crippen LogP contribution in [-0.4, -0.2) is 19.8 Å². The van der Waals surface area contributed by atoms with E-state index >= 15 is 0 Å². The number of fused-ring (bicyclic) bond motifs is 1. The minimum absolute atomic E-state index is 0.0613. The molecule has 118 valence electrons. The number of H-pyrrole nitrogens is 1. The standard InChI is InChI=1S/C14H10IN2O5P/c15-8-5-6-11-10(7-8)14(18)17-13(16-11)9-3-1-2-4-12(9)22-23(19,20)21/h1-7H,(H,16,17,18)(H2,19,20,21)/i15-2. The summed E-state index contributed by atoms with van der Waals surface area (Å²) in [6, 6.07) is 11.4. The highest BCUT2D eigenvalue weighted by molar-refractivity contribution is 14.1. The van der Waals surface area contributed by atoms with Crippen LogP contribution < -0.4 is 10.1 Å². The summed E-state index contributed by atoms with van der Waals surface area (Å²) in [6.45, 7) is 0. The number of aromatic nitrogens is 2. The van der Waals surface area contributed by atoms with Crippen molar-refractivity contribution >= 4 is 41.3 Å². The monoisotopic (exact) mass is 442 g/mol. The zero-order valence-corrected chi connectivity index (χ0v) is 14.5. The fourth-order valence-corrected chi connectivity index (χ4v) is 3.02. The van der Waals surface area contributed by atoms with Crippen LogP contribution in [0, 0.1) is 3.57 Å². The van der Waals surface area contributed by atoms with Crippen molar-refractivity contribution in [2.75, 3.05) is 0 Å². The molecule has 7 nitrogen and oxygen atoms in total. The van der Waals surface area contributed by atoms with E-state index in [0.717, 1.165) is 3.57 Å². The molecule has 0 aliphatic carbocycles. The number of aromatic amines is 1. The quantitative estimate of drug-likeness (QED) is 0.425. The fraction of sp³-hybridized carbons (Fsp3) is 0. The van der Waals surface area contributed by atoms with Crippen molar-refractivity contribution in [2.24, 2.45) is 0 Å². The zero-order chi connectivity index (χ0) is 16.6. The Morgan fingerprint density at radius 2 is 1.91 bits per heavy atom. The normalized spacial score (nSPS) is 11.6. The number of para-hydroxylation sites is 1. The average Bonchev–Trinajstić information content (AvgIpc) is 2.47. The molecular formula is C14H10IN2O5P. The highest BCUT2D eigenvalue weighted by Gasteiger charge is 2.20. The molecule has 2 aromatic carbocycles. The van der Waals surface area contributed by atoms with Gasteiger partial charge in [0, 0.05) is 3.57 Å². The second kappa shape index (κ2) is 6.04. The first kappa shape index (κ1) is 16.1. The number of halogens is 1. The zero-order valence-electron chi connectivity index (χ0n) is 11.4. The van der Waals surface area contributed by atoms with E-state index in [1.165, 1.54) is 6.07 Å². The molecule has 3 rings (SSSR count). The molecule has 0 aliphatic heterocycles. The first-order chi connectivity index (χ1) is 10.8. The van der Waals surface area contributed by atoms with Crippen LogP contribution in [0.15, 0.2) is 47.3 Å². The van der Waals surface area contributed by atoms with E-state index in [0.29, 0.717) is 10.9 Å². The SMILES string of the molecule is O=c1[nH]c(-c2ccccc2OP(=O)(O)O)nc2ccc([125I])cc12. The van der Waals surface area contributed by atoms with Crippen LogP contribution in [-0.2, 0) is 4.57 Å². The van der Waals surface area contributed by atoms with E-state index < -0.39 is 7.82 Å². The Hall–Kier alpha value is -1.74. The molecule has 23 heavy (non-hydrogen) atoms. The molecule has 0 amide bonds.